The molecule has 0 bridgehead atoms. The number of carbonyl (C=O) groups excluding carboxylic acids is 2. The lowest BCUT2D eigenvalue weighted by molar-refractivity contribution is -0.142. The maximum Gasteiger partial charge on any atom is 0.323 e. The van der Waals surface area contributed by atoms with E-state index in [1.165, 1.54) is 7.11 Å². The Balaban J connectivity index is 1.98. The van der Waals surface area contributed by atoms with E-state index in [1.54, 1.807) is 30.1 Å². The minimum Gasteiger partial charge on any atom is -0.495 e. The van der Waals surface area contributed by atoms with Gasteiger partial charge in [0.2, 0.25) is 5.91 Å². The van der Waals surface area contributed by atoms with Gasteiger partial charge in [-0.15, -0.1) is 0 Å². The minimum atomic E-state index is -0.364. The van der Waals surface area contributed by atoms with Crippen molar-refractivity contribution in [1.82, 2.24) is 4.90 Å². The first-order chi connectivity index (χ1) is 10.0. The SMILES string of the molecule is COc1ccc(Cl)cc1NC(=O)CN(C)[C@@H]1CCOC1=O. The number of esters is 1. The zero-order chi connectivity index (χ0) is 15.4. The lowest BCUT2D eigenvalue weighted by Gasteiger charge is -2.20. The van der Waals surface area contributed by atoms with Gasteiger partial charge < -0.3 is 14.8 Å². The summed E-state index contributed by atoms with van der Waals surface area (Å²) in [6.45, 7) is 0.479. The van der Waals surface area contributed by atoms with Crippen LogP contribution in [0.2, 0.25) is 5.02 Å². The van der Waals surface area contributed by atoms with Gasteiger partial charge in [-0.1, -0.05) is 11.6 Å². The Bertz CT molecular complexity index is 550. The Labute approximate surface area is 128 Å². The van der Waals surface area contributed by atoms with E-state index in [4.69, 9.17) is 21.1 Å². The lowest BCUT2D eigenvalue weighted by Crippen LogP contribution is -2.40. The average molecular weight is 313 g/mol. The molecule has 2 rings (SSSR count). The number of benzene rings is 1. The number of nitrogens with one attached hydrogen (secondary N) is 1. The third-order valence-corrected chi connectivity index (χ3v) is 3.50. The summed E-state index contributed by atoms with van der Waals surface area (Å²) in [6, 6.07) is 4.60. The number of ether oxygens (including phenoxy) is 2. The highest BCUT2D eigenvalue weighted by Gasteiger charge is 2.31. The molecule has 1 fully saturated rings. The molecular weight excluding hydrogens is 296 g/mol. The van der Waals surface area contributed by atoms with Gasteiger partial charge in [0, 0.05) is 11.4 Å². The van der Waals surface area contributed by atoms with Gasteiger partial charge in [-0.2, -0.15) is 0 Å². The number of cyclic esters (lactones) is 1. The number of carbonyl (C=O) groups is 2. The van der Waals surface area contributed by atoms with Crippen LogP contribution in [-0.2, 0) is 14.3 Å². The van der Waals surface area contributed by atoms with Crippen LogP contribution in [0.5, 0.6) is 5.75 Å². The van der Waals surface area contributed by atoms with Crippen LogP contribution in [0.1, 0.15) is 6.42 Å². The van der Waals surface area contributed by atoms with Gasteiger partial charge in [0.25, 0.3) is 0 Å². The third kappa shape index (κ3) is 3.86. The molecule has 21 heavy (non-hydrogen) atoms. The first-order valence-electron chi connectivity index (χ1n) is 6.51. The molecule has 1 aliphatic rings. The second-order valence-electron chi connectivity index (χ2n) is 4.78. The molecule has 0 saturated carbocycles. The maximum atomic E-state index is 12.1. The summed E-state index contributed by atoms with van der Waals surface area (Å²) in [7, 11) is 3.23. The number of halogens is 1. The van der Waals surface area contributed by atoms with Crippen LogP contribution in [0.4, 0.5) is 5.69 Å². The van der Waals surface area contributed by atoms with Crippen LogP contribution in [0.15, 0.2) is 18.2 Å². The van der Waals surface area contributed by atoms with E-state index < -0.39 is 0 Å². The van der Waals surface area contributed by atoms with Crippen molar-refractivity contribution in [1.29, 1.82) is 0 Å². The molecule has 0 spiro atoms. The summed E-state index contributed by atoms with van der Waals surface area (Å²) in [5, 5.41) is 3.23. The van der Waals surface area contributed by atoms with Gasteiger partial charge in [-0.25, -0.2) is 0 Å². The first kappa shape index (κ1) is 15.6. The summed E-state index contributed by atoms with van der Waals surface area (Å²) in [6.07, 6.45) is 0.600. The molecule has 1 aromatic carbocycles. The van der Waals surface area contributed by atoms with Gasteiger partial charge in [0.1, 0.15) is 11.8 Å². The quantitative estimate of drug-likeness (QED) is 0.835. The molecule has 114 valence electrons. The first-order valence-corrected chi connectivity index (χ1v) is 6.89. The lowest BCUT2D eigenvalue weighted by atomic mass is 10.2. The Morgan fingerprint density at radius 1 is 1.57 bits per heavy atom. The topological polar surface area (TPSA) is 67.9 Å². The molecule has 6 nitrogen and oxygen atoms in total. The number of hydrogen-bond acceptors (Lipinski definition) is 5. The zero-order valence-corrected chi connectivity index (χ0v) is 12.6. The number of amides is 1. The summed E-state index contributed by atoms with van der Waals surface area (Å²) in [5.41, 5.74) is 0.498. The standard InChI is InChI=1S/C14H17ClN2O4/c1-17(11-5-6-21-14(11)19)8-13(18)16-10-7-9(15)3-4-12(10)20-2/h3-4,7,11H,5-6,8H2,1-2H3,(H,16,18)/t11-/m1/s1. The summed E-state index contributed by atoms with van der Waals surface area (Å²) in [5.74, 6) is -0.0147. The average Bonchev–Trinajstić information content (AvgIpc) is 2.85. The number of anilines is 1. The Kier molecular flexibility index (Phi) is 5.03. The van der Waals surface area contributed by atoms with Crippen molar-refractivity contribution in [2.45, 2.75) is 12.5 Å². The molecule has 1 aromatic rings. The molecule has 0 aromatic heterocycles. The highest BCUT2D eigenvalue weighted by atomic mass is 35.5. The normalized spacial score (nSPS) is 17.7. The van der Waals surface area contributed by atoms with E-state index in [0.717, 1.165) is 0 Å². The number of likely N-dealkylation sites (N-methyl/N-ethyl adjacent to an activating group) is 1. The monoisotopic (exact) mass is 312 g/mol. The highest BCUT2D eigenvalue weighted by molar-refractivity contribution is 6.31. The fourth-order valence-corrected chi connectivity index (χ4v) is 2.36. The van der Waals surface area contributed by atoms with Gasteiger partial charge >= 0.3 is 5.97 Å². The van der Waals surface area contributed by atoms with E-state index in [-0.39, 0.29) is 24.5 Å². The van der Waals surface area contributed by atoms with Crippen LogP contribution in [0.25, 0.3) is 0 Å². The van der Waals surface area contributed by atoms with Gasteiger partial charge in [0.15, 0.2) is 0 Å². The molecule has 1 heterocycles. The summed E-state index contributed by atoms with van der Waals surface area (Å²) in [4.78, 5) is 25.2. The Morgan fingerprint density at radius 2 is 2.33 bits per heavy atom. The van der Waals surface area contributed by atoms with Crippen molar-refractivity contribution in [3.63, 3.8) is 0 Å². The molecule has 7 heteroatoms. The van der Waals surface area contributed by atoms with Crippen LogP contribution < -0.4 is 10.1 Å². The molecule has 1 N–H and O–H groups in total. The zero-order valence-electron chi connectivity index (χ0n) is 11.9. The largest absolute Gasteiger partial charge is 0.495 e. The number of nitrogens with zero attached hydrogens (tertiary/aromatic N) is 1. The predicted octanol–water partition coefficient (Wildman–Crippen LogP) is 1.53. The Hall–Kier alpha value is -1.79. The minimum absolute atomic E-state index is 0.0788. The van der Waals surface area contributed by atoms with E-state index >= 15 is 0 Å². The number of methoxy groups -OCH3 is 1. The van der Waals surface area contributed by atoms with E-state index in [1.807, 2.05) is 0 Å². The van der Waals surface area contributed by atoms with Gasteiger partial charge in [-0.3, -0.25) is 14.5 Å². The fraction of sp³-hybridized carbons (Fsp3) is 0.429. The van der Waals surface area contributed by atoms with Crippen LogP contribution in [0, 0.1) is 0 Å². The van der Waals surface area contributed by atoms with Crippen molar-refractivity contribution in [2.75, 3.05) is 32.6 Å². The van der Waals surface area contributed by atoms with E-state index in [0.29, 0.717) is 29.5 Å². The molecule has 1 atom stereocenters. The van der Waals surface area contributed by atoms with Crippen molar-refractivity contribution < 1.29 is 19.1 Å². The summed E-state index contributed by atoms with van der Waals surface area (Å²) < 4.78 is 10.1. The second-order valence-corrected chi connectivity index (χ2v) is 5.22. The maximum absolute atomic E-state index is 12.1. The second kappa shape index (κ2) is 6.78. The molecule has 0 unspecified atom stereocenters. The highest BCUT2D eigenvalue weighted by Crippen LogP contribution is 2.27. The third-order valence-electron chi connectivity index (χ3n) is 3.27. The molecule has 0 radical (unpaired) electrons. The van der Waals surface area contributed by atoms with Crippen molar-refractivity contribution >= 4 is 29.2 Å². The molecule has 1 saturated heterocycles. The molecule has 1 aliphatic heterocycles. The molecule has 0 aliphatic carbocycles. The molecular formula is C14H17ClN2O4. The summed E-state index contributed by atoms with van der Waals surface area (Å²) >= 11 is 5.91. The van der Waals surface area contributed by atoms with Crippen molar-refractivity contribution in [3.8, 4) is 5.75 Å². The fourth-order valence-electron chi connectivity index (χ4n) is 2.19. The smallest absolute Gasteiger partial charge is 0.323 e. The number of hydrogen-bond donors (Lipinski definition) is 1. The van der Waals surface area contributed by atoms with Crippen molar-refractivity contribution in [3.05, 3.63) is 23.2 Å². The predicted molar refractivity (Wildman–Crippen MR) is 78.6 cm³/mol. The molecule has 1 amide bonds. The van der Waals surface area contributed by atoms with Gasteiger partial charge in [-0.05, 0) is 25.2 Å². The van der Waals surface area contributed by atoms with Gasteiger partial charge in [0.05, 0.1) is 25.9 Å². The van der Waals surface area contributed by atoms with Crippen LogP contribution >= 0.6 is 11.6 Å². The van der Waals surface area contributed by atoms with E-state index in [9.17, 15) is 9.59 Å². The Morgan fingerprint density at radius 3 is 2.95 bits per heavy atom. The van der Waals surface area contributed by atoms with Crippen LogP contribution in [-0.4, -0.2) is 50.1 Å². The van der Waals surface area contributed by atoms with E-state index in [2.05, 4.69) is 5.32 Å². The number of rotatable bonds is 5. The van der Waals surface area contributed by atoms with Crippen LogP contribution in [0.3, 0.4) is 0 Å². The van der Waals surface area contributed by atoms with Crippen molar-refractivity contribution in [2.24, 2.45) is 0 Å².